The number of benzene rings is 3. The van der Waals surface area contributed by atoms with E-state index < -0.39 is 0 Å². The zero-order chi connectivity index (χ0) is 31.1. The van der Waals surface area contributed by atoms with Crippen molar-refractivity contribution in [3.05, 3.63) is 135 Å². The van der Waals surface area contributed by atoms with Crippen LogP contribution in [0.3, 0.4) is 0 Å². The minimum absolute atomic E-state index is 0.114. The molecular formula is C35H32Cl2N4O3. The highest BCUT2D eigenvalue weighted by atomic mass is 35.5. The molecule has 0 radical (unpaired) electrons. The van der Waals surface area contributed by atoms with Gasteiger partial charge in [-0.15, -0.1) is 0 Å². The molecule has 2 aromatic heterocycles. The average Bonchev–Trinajstić information content (AvgIpc) is 3.03. The second kappa shape index (κ2) is 14.3. The van der Waals surface area contributed by atoms with Crippen LogP contribution in [-0.4, -0.2) is 21.8 Å². The number of aryl methyl sites for hydroxylation is 1. The number of aromatic nitrogens is 2. The topological polar surface area (TPSA) is 93.2 Å². The summed E-state index contributed by atoms with van der Waals surface area (Å²) in [6.45, 7) is 4.80. The van der Waals surface area contributed by atoms with E-state index in [1.807, 2.05) is 74.5 Å². The molecule has 0 fully saturated rings. The highest BCUT2D eigenvalue weighted by Gasteiger charge is 2.19. The van der Waals surface area contributed by atoms with Gasteiger partial charge in [-0.1, -0.05) is 72.6 Å². The maximum Gasteiger partial charge on any atom is 0.251 e. The molecule has 2 N–H and O–H groups in total. The number of fused-ring (bicyclic) bond motifs is 1. The number of amides is 2. The predicted octanol–water partition coefficient (Wildman–Crippen LogP) is 7.56. The van der Waals surface area contributed by atoms with Gasteiger partial charge < -0.3 is 15.4 Å². The molecule has 0 spiro atoms. The standard InChI is InChI=1S/C35H32Cl2N4O3/c1-22(17-32(42)39-19-24-9-12-27(13-10-24)35(43)40-20-25-5-4-16-38-18-25)28-14-15-30(36)29(33(28)37)21-44-31-7-3-6-26-11-8-23(2)41-34(26)31/h3-16,18,22H,17,19-21H2,1-2H3,(H,39,42)(H,40,43). The Morgan fingerprint density at radius 3 is 2.45 bits per heavy atom. The van der Waals surface area contributed by atoms with Crippen LogP contribution < -0.4 is 15.4 Å². The molecule has 44 heavy (non-hydrogen) atoms. The van der Waals surface area contributed by atoms with Gasteiger partial charge in [0.25, 0.3) is 5.91 Å². The molecule has 5 rings (SSSR count). The molecular weight excluding hydrogens is 595 g/mol. The number of nitrogens with one attached hydrogen (secondary N) is 2. The van der Waals surface area contributed by atoms with Crippen molar-refractivity contribution in [3.8, 4) is 5.75 Å². The number of halogens is 2. The fourth-order valence-corrected chi connectivity index (χ4v) is 5.50. The van der Waals surface area contributed by atoms with E-state index in [9.17, 15) is 9.59 Å². The molecule has 5 aromatic rings. The largest absolute Gasteiger partial charge is 0.487 e. The zero-order valence-electron chi connectivity index (χ0n) is 24.4. The molecule has 0 aliphatic heterocycles. The van der Waals surface area contributed by atoms with Crippen LogP contribution in [-0.2, 0) is 24.5 Å². The zero-order valence-corrected chi connectivity index (χ0v) is 26.0. The van der Waals surface area contributed by atoms with E-state index in [1.165, 1.54) is 0 Å². The quantitative estimate of drug-likeness (QED) is 0.158. The Labute approximate surface area is 266 Å². The third-order valence-electron chi connectivity index (χ3n) is 7.31. The van der Waals surface area contributed by atoms with E-state index in [0.717, 1.165) is 33.3 Å². The third kappa shape index (κ3) is 7.73. The minimum Gasteiger partial charge on any atom is -0.487 e. The number of pyridine rings is 2. The van der Waals surface area contributed by atoms with Crippen LogP contribution in [0.2, 0.25) is 10.0 Å². The summed E-state index contributed by atoms with van der Waals surface area (Å²) in [5, 5.41) is 7.81. The number of rotatable bonds is 11. The molecule has 7 nitrogen and oxygen atoms in total. The molecule has 2 heterocycles. The normalized spacial score (nSPS) is 11.6. The first-order valence-electron chi connectivity index (χ1n) is 14.3. The lowest BCUT2D eigenvalue weighted by molar-refractivity contribution is -0.121. The average molecular weight is 628 g/mol. The summed E-state index contributed by atoms with van der Waals surface area (Å²) < 4.78 is 6.14. The number of nitrogens with zero attached hydrogens (tertiary/aromatic N) is 2. The molecule has 1 unspecified atom stereocenters. The summed E-state index contributed by atoms with van der Waals surface area (Å²) in [4.78, 5) is 34.0. The Balaban J connectivity index is 1.15. The van der Waals surface area contributed by atoms with Crippen molar-refractivity contribution in [2.24, 2.45) is 0 Å². The molecule has 0 bridgehead atoms. The molecule has 1 atom stereocenters. The molecule has 0 saturated heterocycles. The van der Waals surface area contributed by atoms with Crippen molar-refractivity contribution in [1.29, 1.82) is 0 Å². The van der Waals surface area contributed by atoms with Gasteiger partial charge in [-0.3, -0.25) is 14.6 Å². The number of hydrogen-bond donors (Lipinski definition) is 2. The van der Waals surface area contributed by atoms with Gasteiger partial charge in [-0.05, 0) is 65.9 Å². The molecule has 0 aliphatic carbocycles. The van der Waals surface area contributed by atoms with Crippen molar-refractivity contribution in [2.45, 2.75) is 45.9 Å². The monoisotopic (exact) mass is 626 g/mol. The molecule has 9 heteroatoms. The van der Waals surface area contributed by atoms with Gasteiger partial charge in [0.15, 0.2) is 0 Å². The van der Waals surface area contributed by atoms with Crippen LogP contribution in [0.15, 0.2) is 91.3 Å². The predicted molar refractivity (Wildman–Crippen MR) is 174 cm³/mol. The van der Waals surface area contributed by atoms with Gasteiger partial charge in [0.1, 0.15) is 17.9 Å². The van der Waals surface area contributed by atoms with Crippen LogP contribution in [0.1, 0.15) is 57.6 Å². The van der Waals surface area contributed by atoms with Crippen LogP contribution in [0, 0.1) is 6.92 Å². The Kier molecular flexibility index (Phi) is 10.1. The first-order chi connectivity index (χ1) is 21.3. The lowest BCUT2D eigenvalue weighted by Gasteiger charge is -2.18. The number of para-hydroxylation sites is 1. The summed E-state index contributed by atoms with van der Waals surface area (Å²) in [7, 11) is 0. The Bertz CT molecular complexity index is 1780. The molecule has 2 amide bonds. The SMILES string of the molecule is Cc1ccc2cccc(OCc3c(Cl)ccc(C(C)CC(=O)NCc4ccc(C(=O)NCc5cccnc5)cc4)c3Cl)c2n1. The Morgan fingerprint density at radius 1 is 0.886 bits per heavy atom. The second-order valence-electron chi connectivity index (χ2n) is 10.6. The highest BCUT2D eigenvalue weighted by molar-refractivity contribution is 6.36. The molecule has 0 saturated carbocycles. The van der Waals surface area contributed by atoms with Crippen molar-refractivity contribution in [2.75, 3.05) is 0 Å². The van der Waals surface area contributed by atoms with Gasteiger partial charge in [-0.2, -0.15) is 0 Å². The van der Waals surface area contributed by atoms with E-state index in [0.29, 0.717) is 40.0 Å². The van der Waals surface area contributed by atoms with E-state index in [-0.39, 0.29) is 30.8 Å². The summed E-state index contributed by atoms with van der Waals surface area (Å²) in [6, 6.07) is 24.3. The van der Waals surface area contributed by atoms with Crippen molar-refractivity contribution >= 4 is 45.9 Å². The first kappa shape index (κ1) is 31.0. The van der Waals surface area contributed by atoms with Crippen molar-refractivity contribution in [1.82, 2.24) is 20.6 Å². The molecule has 3 aromatic carbocycles. The smallest absolute Gasteiger partial charge is 0.251 e. The van der Waals surface area contributed by atoms with E-state index in [2.05, 4.69) is 20.6 Å². The van der Waals surface area contributed by atoms with Gasteiger partial charge >= 0.3 is 0 Å². The summed E-state index contributed by atoms with van der Waals surface area (Å²) in [5.41, 5.74) is 5.51. The summed E-state index contributed by atoms with van der Waals surface area (Å²) >= 11 is 13.4. The van der Waals surface area contributed by atoms with Gasteiger partial charge in [0, 0.05) is 59.1 Å². The van der Waals surface area contributed by atoms with E-state index >= 15 is 0 Å². The van der Waals surface area contributed by atoms with Gasteiger partial charge in [0.2, 0.25) is 5.91 Å². The van der Waals surface area contributed by atoms with Crippen molar-refractivity contribution < 1.29 is 14.3 Å². The fourth-order valence-electron chi connectivity index (χ4n) is 4.83. The van der Waals surface area contributed by atoms with Crippen LogP contribution in [0.25, 0.3) is 10.9 Å². The van der Waals surface area contributed by atoms with Gasteiger partial charge in [-0.25, -0.2) is 4.98 Å². The van der Waals surface area contributed by atoms with E-state index in [1.54, 1.807) is 30.6 Å². The summed E-state index contributed by atoms with van der Waals surface area (Å²) in [6.07, 6.45) is 3.64. The Hall–Kier alpha value is -4.46. The Morgan fingerprint density at radius 2 is 1.68 bits per heavy atom. The van der Waals surface area contributed by atoms with Crippen molar-refractivity contribution in [3.63, 3.8) is 0 Å². The summed E-state index contributed by atoms with van der Waals surface area (Å²) in [5.74, 6) is 0.199. The van der Waals surface area contributed by atoms with Crippen LogP contribution in [0.5, 0.6) is 5.75 Å². The minimum atomic E-state index is -0.174. The number of carbonyl (C=O) groups excluding carboxylic acids is 2. The number of ether oxygens (including phenoxy) is 1. The van der Waals surface area contributed by atoms with Crippen LogP contribution in [0.4, 0.5) is 0 Å². The highest BCUT2D eigenvalue weighted by Crippen LogP contribution is 2.35. The maximum absolute atomic E-state index is 12.8. The first-order valence-corrected chi connectivity index (χ1v) is 15.0. The van der Waals surface area contributed by atoms with E-state index in [4.69, 9.17) is 27.9 Å². The van der Waals surface area contributed by atoms with Crippen LogP contribution >= 0.6 is 23.2 Å². The van der Waals surface area contributed by atoms with Gasteiger partial charge in [0.05, 0.1) is 5.02 Å². The number of hydrogen-bond acceptors (Lipinski definition) is 5. The molecule has 224 valence electrons. The second-order valence-corrected chi connectivity index (χ2v) is 11.4. The third-order valence-corrected chi connectivity index (χ3v) is 8.11. The lowest BCUT2D eigenvalue weighted by atomic mass is 9.95. The fraction of sp³-hybridized carbons (Fsp3) is 0.200. The maximum atomic E-state index is 12.8. The lowest BCUT2D eigenvalue weighted by Crippen LogP contribution is -2.24. The molecule has 0 aliphatic rings. The number of carbonyl (C=O) groups is 2.